The molecule has 9 heteroatoms. The number of alkyl halides is 2. The number of Topliss-reactive ketones (excluding diaryl/α,β-unsaturated/α-hetero) is 1. The normalized spacial score (nSPS) is 15.8. The standard InChI is InChI=1S/C18H20F2O7/c1-10(21)24-9-13(22)12(16(23)27-17(2,3)4)7-11-5-6-14-15(8-11)26-18(19,20)25-14/h5-6,8,12H,7,9H2,1-4H3. The second-order valence-corrected chi connectivity index (χ2v) is 6.99. The molecule has 0 N–H and O–H groups in total. The van der Waals surface area contributed by atoms with E-state index in [1.165, 1.54) is 18.2 Å². The minimum atomic E-state index is -3.77. The van der Waals surface area contributed by atoms with Crippen molar-refractivity contribution >= 4 is 17.7 Å². The Hall–Kier alpha value is -2.71. The molecule has 1 unspecified atom stereocenters. The molecule has 148 valence electrons. The van der Waals surface area contributed by atoms with Crippen molar-refractivity contribution in [3.8, 4) is 11.5 Å². The van der Waals surface area contributed by atoms with E-state index in [2.05, 4.69) is 14.2 Å². The smallest absolute Gasteiger partial charge is 0.459 e. The van der Waals surface area contributed by atoms with Crippen LogP contribution in [0, 0.1) is 5.92 Å². The molecule has 2 rings (SSSR count). The van der Waals surface area contributed by atoms with Crippen molar-refractivity contribution < 1.29 is 42.1 Å². The van der Waals surface area contributed by atoms with Crippen LogP contribution in [0.15, 0.2) is 18.2 Å². The van der Waals surface area contributed by atoms with Crippen LogP contribution in [0.5, 0.6) is 11.5 Å². The summed E-state index contributed by atoms with van der Waals surface area (Å²) in [7, 11) is 0. The molecule has 1 atom stereocenters. The number of esters is 2. The quantitative estimate of drug-likeness (QED) is 0.549. The number of halogens is 2. The Labute approximate surface area is 154 Å². The van der Waals surface area contributed by atoms with Crippen LogP contribution in [0.2, 0.25) is 0 Å². The fourth-order valence-corrected chi connectivity index (χ4v) is 2.33. The highest BCUT2D eigenvalue weighted by Crippen LogP contribution is 2.41. The van der Waals surface area contributed by atoms with Gasteiger partial charge in [0.1, 0.15) is 11.5 Å². The fraction of sp³-hybridized carbons (Fsp3) is 0.500. The minimum absolute atomic E-state index is 0.142. The summed E-state index contributed by atoms with van der Waals surface area (Å²) >= 11 is 0. The molecular weight excluding hydrogens is 366 g/mol. The maximum atomic E-state index is 13.1. The van der Waals surface area contributed by atoms with Gasteiger partial charge in [0.2, 0.25) is 0 Å². The number of benzene rings is 1. The maximum Gasteiger partial charge on any atom is 0.586 e. The number of hydrogen-bond acceptors (Lipinski definition) is 7. The minimum Gasteiger partial charge on any atom is -0.459 e. The first kappa shape index (κ1) is 20.6. The number of carbonyl (C=O) groups excluding carboxylic acids is 3. The lowest BCUT2D eigenvalue weighted by Crippen LogP contribution is -2.36. The van der Waals surface area contributed by atoms with E-state index >= 15 is 0 Å². The molecule has 0 spiro atoms. The summed E-state index contributed by atoms with van der Waals surface area (Å²) < 4.78 is 44.8. The fourth-order valence-electron chi connectivity index (χ4n) is 2.33. The van der Waals surface area contributed by atoms with Crippen molar-refractivity contribution in [1.82, 2.24) is 0 Å². The first-order valence-corrected chi connectivity index (χ1v) is 8.14. The molecule has 1 aromatic carbocycles. The van der Waals surface area contributed by atoms with E-state index in [1.54, 1.807) is 20.8 Å². The molecule has 0 aliphatic carbocycles. The molecule has 0 bridgehead atoms. The zero-order valence-electron chi connectivity index (χ0n) is 15.3. The van der Waals surface area contributed by atoms with Gasteiger partial charge in [-0.25, -0.2) is 0 Å². The predicted octanol–water partition coefficient (Wildman–Crippen LogP) is 2.64. The Morgan fingerprint density at radius 2 is 1.78 bits per heavy atom. The van der Waals surface area contributed by atoms with E-state index in [0.717, 1.165) is 6.92 Å². The van der Waals surface area contributed by atoms with Crippen LogP contribution in [0.1, 0.15) is 33.3 Å². The number of carbonyl (C=O) groups is 3. The van der Waals surface area contributed by atoms with Crippen LogP contribution in [-0.4, -0.2) is 36.2 Å². The third kappa shape index (κ3) is 5.90. The molecular formula is C18H20F2O7. The van der Waals surface area contributed by atoms with Crippen molar-refractivity contribution in [2.24, 2.45) is 5.92 Å². The van der Waals surface area contributed by atoms with Gasteiger partial charge in [-0.2, -0.15) is 0 Å². The monoisotopic (exact) mass is 386 g/mol. The van der Waals surface area contributed by atoms with Crippen LogP contribution in [0.25, 0.3) is 0 Å². The molecule has 0 saturated carbocycles. The van der Waals surface area contributed by atoms with Crippen molar-refractivity contribution in [2.75, 3.05) is 6.61 Å². The predicted molar refractivity (Wildman–Crippen MR) is 87.3 cm³/mol. The number of hydrogen-bond donors (Lipinski definition) is 0. The summed E-state index contributed by atoms with van der Waals surface area (Å²) in [6.45, 7) is 5.46. The van der Waals surface area contributed by atoms with Gasteiger partial charge in [-0.05, 0) is 44.9 Å². The molecule has 7 nitrogen and oxygen atoms in total. The van der Waals surface area contributed by atoms with Crippen LogP contribution in [-0.2, 0) is 30.3 Å². The van der Waals surface area contributed by atoms with Crippen LogP contribution < -0.4 is 9.47 Å². The highest BCUT2D eigenvalue weighted by atomic mass is 19.3. The number of ketones is 1. The summed E-state index contributed by atoms with van der Waals surface area (Å²) in [5.74, 6) is -3.76. The Morgan fingerprint density at radius 1 is 1.15 bits per heavy atom. The van der Waals surface area contributed by atoms with Crippen LogP contribution in [0.3, 0.4) is 0 Å². The van der Waals surface area contributed by atoms with E-state index in [0.29, 0.717) is 5.56 Å². The lowest BCUT2D eigenvalue weighted by molar-refractivity contribution is -0.286. The second kappa shape index (κ2) is 7.50. The molecule has 0 radical (unpaired) electrons. The Morgan fingerprint density at radius 3 is 2.37 bits per heavy atom. The van der Waals surface area contributed by atoms with E-state index < -0.39 is 42.1 Å². The van der Waals surface area contributed by atoms with Crippen molar-refractivity contribution in [1.29, 1.82) is 0 Å². The van der Waals surface area contributed by atoms with E-state index in [-0.39, 0.29) is 17.9 Å². The summed E-state index contributed by atoms with van der Waals surface area (Å²) in [5, 5.41) is 0. The van der Waals surface area contributed by atoms with Gasteiger partial charge in [0.15, 0.2) is 23.9 Å². The molecule has 0 saturated heterocycles. The zero-order valence-corrected chi connectivity index (χ0v) is 15.3. The summed E-state index contributed by atoms with van der Waals surface area (Å²) in [6, 6.07) is 3.95. The average molecular weight is 386 g/mol. The molecule has 0 amide bonds. The average Bonchev–Trinajstić information content (AvgIpc) is 2.81. The van der Waals surface area contributed by atoms with Gasteiger partial charge in [0.25, 0.3) is 0 Å². The molecule has 1 aliphatic rings. The van der Waals surface area contributed by atoms with Gasteiger partial charge in [-0.3, -0.25) is 14.4 Å². The third-order valence-electron chi connectivity index (χ3n) is 3.40. The number of fused-ring (bicyclic) bond motifs is 1. The highest BCUT2D eigenvalue weighted by Gasteiger charge is 2.43. The first-order valence-electron chi connectivity index (χ1n) is 8.14. The van der Waals surface area contributed by atoms with Crippen LogP contribution in [0.4, 0.5) is 8.78 Å². The van der Waals surface area contributed by atoms with Crippen molar-refractivity contribution in [3.63, 3.8) is 0 Å². The molecule has 1 aliphatic heterocycles. The van der Waals surface area contributed by atoms with Gasteiger partial charge in [-0.1, -0.05) is 6.07 Å². The highest BCUT2D eigenvalue weighted by molar-refractivity contribution is 6.00. The van der Waals surface area contributed by atoms with Crippen molar-refractivity contribution in [3.05, 3.63) is 23.8 Å². The Bertz CT molecular complexity index is 753. The topological polar surface area (TPSA) is 88.1 Å². The van der Waals surface area contributed by atoms with Gasteiger partial charge < -0.3 is 18.9 Å². The Kier molecular flexibility index (Phi) is 5.72. The summed E-state index contributed by atoms with van der Waals surface area (Å²) in [6.07, 6.45) is -3.91. The molecule has 0 aromatic heterocycles. The first-order chi connectivity index (χ1) is 12.4. The van der Waals surface area contributed by atoms with Gasteiger partial charge in [-0.15, -0.1) is 8.78 Å². The van der Waals surface area contributed by atoms with Crippen LogP contribution >= 0.6 is 0 Å². The lowest BCUT2D eigenvalue weighted by atomic mass is 9.95. The molecule has 1 aromatic rings. The largest absolute Gasteiger partial charge is 0.586 e. The second-order valence-electron chi connectivity index (χ2n) is 6.99. The third-order valence-corrected chi connectivity index (χ3v) is 3.40. The number of rotatable bonds is 6. The van der Waals surface area contributed by atoms with E-state index in [4.69, 9.17) is 4.74 Å². The Balaban J connectivity index is 2.20. The number of ether oxygens (including phenoxy) is 4. The van der Waals surface area contributed by atoms with Gasteiger partial charge in [0.05, 0.1) is 0 Å². The van der Waals surface area contributed by atoms with E-state index in [9.17, 15) is 23.2 Å². The zero-order chi connectivity index (χ0) is 20.4. The van der Waals surface area contributed by atoms with Crippen molar-refractivity contribution in [2.45, 2.75) is 46.0 Å². The van der Waals surface area contributed by atoms with Gasteiger partial charge >= 0.3 is 18.2 Å². The SMILES string of the molecule is CC(=O)OCC(=O)C(Cc1ccc2c(c1)OC(F)(F)O2)C(=O)OC(C)(C)C. The lowest BCUT2D eigenvalue weighted by Gasteiger charge is -2.23. The van der Waals surface area contributed by atoms with E-state index in [1.807, 2.05) is 0 Å². The maximum absolute atomic E-state index is 13.1. The molecule has 1 heterocycles. The van der Waals surface area contributed by atoms with Gasteiger partial charge in [0, 0.05) is 6.92 Å². The molecule has 0 fully saturated rings. The summed E-state index contributed by atoms with van der Waals surface area (Å²) in [5.41, 5.74) is -0.462. The summed E-state index contributed by atoms with van der Waals surface area (Å²) in [4.78, 5) is 35.7. The molecule has 27 heavy (non-hydrogen) atoms.